The van der Waals surface area contributed by atoms with Crippen molar-refractivity contribution >= 4 is 29.1 Å². The summed E-state index contributed by atoms with van der Waals surface area (Å²) in [6, 6.07) is 12.1. The fourth-order valence-corrected chi connectivity index (χ4v) is 2.90. The van der Waals surface area contributed by atoms with Gasteiger partial charge >= 0.3 is 0 Å². The lowest BCUT2D eigenvalue weighted by atomic mass is 10.0. The molecule has 6 nitrogen and oxygen atoms in total. The van der Waals surface area contributed by atoms with Gasteiger partial charge in [0.2, 0.25) is 0 Å². The van der Waals surface area contributed by atoms with Gasteiger partial charge in [-0.2, -0.15) is 0 Å². The van der Waals surface area contributed by atoms with E-state index in [0.29, 0.717) is 17.3 Å². The molecule has 0 spiro atoms. The molecule has 3 rings (SSSR count). The Labute approximate surface area is 166 Å². The SMILES string of the molecule is COCCNC(=O)C1=CC(c2ccc(Cl)cc2)NN(c2cccc(F)c2)C1=O. The molecule has 28 heavy (non-hydrogen) atoms. The number of benzene rings is 2. The number of ether oxygens (including phenoxy) is 1. The highest BCUT2D eigenvalue weighted by molar-refractivity contribution is 6.30. The van der Waals surface area contributed by atoms with E-state index < -0.39 is 23.7 Å². The first-order valence-electron chi connectivity index (χ1n) is 8.60. The van der Waals surface area contributed by atoms with E-state index in [2.05, 4.69) is 10.7 Å². The molecule has 0 bridgehead atoms. The molecule has 0 radical (unpaired) electrons. The molecule has 1 aliphatic rings. The van der Waals surface area contributed by atoms with Crippen molar-refractivity contribution in [3.8, 4) is 0 Å². The number of nitrogens with zero attached hydrogens (tertiary/aromatic N) is 1. The second-order valence-corrected chi connectivity index (χ2v) is 6.54. The summed E-state index contributed by atoms with van der Waals surface area (Å²) in [5, 5.41) is 4.39. The number of nitrogens with one attached hydrogen (secondary N) is 2. The predicted octanol–water partition coefficient (Wildman–Crippen LogP) is 2.76. The highest BCUT2D eigenvalue weighted by Gasteiger charge is 2.32. The van der Waals surface area contributed by atoms with Crippen LogP contribution in [-0.2, 0) is 14.3 Å². The number of rotatable bonds is 6. The fourth-order valence-electron chi connectivity index (χ4n) is 2.78. The largest absolute Gasteiger partial charge is 0.383 e. The molecule has 1 aliphatic heterocycles. The number of hydrogen-bond donors (Lipinski definition) is 2. The van der Waals surface area contributed by atoms with Gasteiger partial charge in [-0.15, -0.1) is 0 Å². The maximum Gasteiger partial charge on any atom is 0.278 e. The second kappa shape index (κ2) is 8.97. The lowest BCUT2D eigenvalue weighted by Gasteiger charge is -2.33. The average molecular weight is 404 g/mol. The summed E-state index contributed by atoms with van der Waals surface area (Å²) < 4.78 is 18.6. The van der Waals surface area contributed by atoms with E-state index in [1.807, 2.05) is 0 Å². The van der Waals surface area contributed by atoms with Crippen LogP contribution in [0.3, 0.4) is 0 Å². The highest BCUT2D eigenvalue weighted by Crippen LogP contribution is 2.27. The van der Waals surface area contributed by atoms with Crippen LogP contribution in [0.4, 0.5) is 10.1 Å². The van der Waals surface area contributed by atoms with Crippen LogP contribution in [0.5, 0.6) is 0 Å². The van der Waals surface area contributed by atoms with Crippen LogP contribution in [0.1, 0.15) is 11.6 Å². The van der Waals surface area contributed by atoms with Gasteiger partial charge in [0, 0.05) is 18.7 Å². The fraction of sp³-hybridized carbons (Fsp3) is 0.200. The summed E-state index contributed by atoms with van der Waals surface area (Å²) in [6.07, 6.45) is 1.55. The normalized spacial score (nSPS) is 16.7. The Morgan fingerprint density at radius 3 is 2.71 bits per heavy atom. The first-order valence-corrected chi connectivity index (χ1v) is 8.98. The summed E-state index contributed by atoms with van der Waals surface area (Å²) in [5.74, 6) is -1.59. The van der Waals surface area contributed by atoms with Crippen LogP contribution >= 0.6 is 11.6 Å². The first kappa shape index (κ1) is 20.0. The molecule has 146 valence electrons. The minimum atomic E-state index is -0.578. The average Bonchev–Trinajstić information content (AvgIpc) is 2.69. The minimum Gasteiger partial charge on any atom is -0.383 e. The maximum absolute atomic E-state index is 13.7. The third kappa shape index (κ3) is 4.56. The molecule has 0 aromatic heterocycles. The van der Waals surface area contributed by atoms with Crippen molar-refractivity contribution in [3.63, 3.8) is 0 Å². The van der Waals surface area contributed by atoms with Crippen molar-refractivity contribution in [2.45, 2.75) is 6.04 Å². The minimum absolute atomic E-state index is 0.0425. The second-order valence-electron chi connectivity index (χ2n) is 6.11. The van der Waals surface area contributed by atoms with Crippen molar-refractivity contribution in [1.82, 2.24) is 10.7 Å². The maximum atomic E-state index is 13.7. The number of hydrogen-bond acceptors (Lipinski definition) is 4. The molecule has 0 saturated carbocycles. The quantitative estimate of drug-likeness (QED) is 0.574. The van der Waals surface area contributed by atoms with Gasteiger partial charge in [-0.25, -0.2) is 14.8 Å². The molecule has 0 saturated heterocycles. The summed E-state index contributed by atoms with van der Waals surface area (Å²) in [7, 11) is 1.52. The van der Waals surface area contributed by atoms with Crippen molar-refractivity contribution in [2.75, 3.05) is 25.3 Å². The van der Waals surface area contributed by atoms with Crippen LogP contribution in [0.2, 0.25) is 5.02 Å². The molecular formula is C20H19ClFN3O3. The number of methoxy groups -OCH3 is 1. The number of hydrazine groups is 1. The van der Waals surface area contributed by atoms with E-state index in [1.165, 1.54) is 30.3 Å². The molecular weight excluding hydrogens is 385 g/mol. The number of carbonyl (C=O) groups is 2. The Hall–Kier alpha value is -2.74. The van der Waals surface area contributed by atoms with Crippen molar-refractivity contribution in [3.05, 3.63) is 76.6 Å². The van der Waals surface area contributed by atoms with Crippen LogP contribution in [0.15, 0.2) is 60.2 Å². The van der Waals surface area contributed by atoms with Gasteiger partial charge in [0.25, 0.3) is 11.8 Å². The summed E-state index contributed by atoms with van der Waals surface area (Å²) in [6.45, 7) is 0.582. The molecule has 1 heterocycles. The van der Waals surface area contributed by atoms with Crippen LogP contribution < -0.4 is 15.8 Å². The first-order chi connectivity index (χ1) is 13.5. The smallest absolute Gasteiger partial charge is 0.278 e. The molecule has 0 aliphatic carbocycles. The summed E-state index contributed by atoms with van der Waals surface area (Å²) >= 11 is 5.95. The molecule has 2 aromatic carbocycles. The van der Waals surface area contributed by atoms with Crippen molar-refractivity contribution in [2.24, 2.45) is 0 Å². The van der Waals surface area contributed by atoms with Crippen molar-refractivity contribution in [1.29, 1.82) is 0 Å². The third-order valence-electron chi connectivity index (χ3n) is 4.17. The standard InChI is InChI=1S/C20H19ClFN3O3/c1-28-10-9-23-19(26)17-12-18(13-5-7-14(21)8-6-13)24-25(20(17)27)16-4-2-3-15(22)11-16/h2-8,11-12,18,24H,9-10H2,1H3,(H,23,26). The molecule has 2 aromatic rings. The zero-order valence-corrected chi connectivity index (χ0v) is 15.9. The third-order valence-corrected chi connectivity index (χ3v) is 4.42. The number of amides is 2. The van der Waals surface area contributed by atoms with E-state index >= 15 is 0 Å². The van der Waals surface area contributed by atoms with Crippen LogP contribution in [0.25, 0.3) is 0 Å². The number of carbonyl (C=O) groups excluding carboxylic acids is 2. The van der Waals surface area contributed by atoms with Gasteiger partial charge in [0.15, 0.2) is 0 Å². The van der Waals surface area contributed by atoms with Gasteiger partial charge in [-0.1, -0.05) is 29.8 Å². The monoisotopic (exact) mass is 403 g/mol. The van der Waals surface area contributed by atoms with Gasteiger partial charge in [-0.3, -0.25) is 9.59 Å². The number of halogens is 2. The van der Waals surface area contributed by atoms with Crippen LogP contribution in [0, 0.1) is 5.82 Å². The molecule has 1 unspecified atom stereocenters. The highest BCUT2D eigenvalue weighted by atomic mass is 35.5. The van der Waals surface area contributed by atoms with Crippen LogP contribution in [-0.4, -0.2) is 32.1 Å². The van der Waals surface area contributed by atoms with Gasteiger partial charge in [0.05, 0.1) is 18.3 Å². The molecule has 0 fully saturated rings. The lowest BCUT2D eigenvalue weighted by molar-refractivity contribution is -0.123. The van der Waals surface area contributed by atoms with E-state index in [1.54, 1.807) is 36.4 Å². The van der Waals surface area contributed by atoms with Crippen molar-refractivity contribution < 1.29 is 18.7 Å². The molecule has 2 N–H and O–H groups in total. The van der Waals surface area contributed by atoms with Gasteiger partial charge in [-0.05, 0) is 42.0 Å². The molecule has 8 heteroatoms. The Morgan fingerprint density at radius 2 is 2.04 bits per heavy atom. The van der Waals surface area contributed by atoms with E-state index in [4.69, 9.17) is 16.3 Å². The Kier molecular flexibility index (Phi) is 6.41. The van der Waals surface area contributed by atoms with E-state index in [0.717, 1.165) is 5.56 Å². The van der Waals surface area contributed by atoms with Gasteiger partial charge < -0.3 is 10.1 Å². The Bertz CT molecular complexity index is 902. The lowest BCUT2D eigenvalue weighted by Crippen LogP contribution is -2.51. The number of anilines is 1. The Balaban J connectivity index is 1.95. The zero-order chi connectivity index (χ0) is 20.1. The van der Waals surface area contributed by atoms with E-state index in [9.17, 15) is 14.0 Å². The molecule has 2 amide bonds. The van der Waals surface area contributed by atoms with E-state index in [-0.39, 0.29) is 12.1 Å². The zero-order valence-electron chi connectivity index (χ0n) is 15.1. The topological polar surface area (TPSA) is 70.7 Å². The molecule has 1 atom stereocenters. The van der Waals surface area contributed by atoms with Gasteiger partial charge in [0.1, 0.15) is 11.4 Å². The summed E-state index contributed by atoms with van der Waals surface area (Å²) in [5.41, 5.74) is 4.07. The predicted molar refractivity (Wildman–Crippen MR) is 104 cm³/mol. The summed E-state index contributed by atoms with van der Waals surface area (Å²) in [4.78, 5) is 25.5. The Morgan fingerprint density at radius 1 is 1.29 bits per heavy atom.